The van der Waals surface area contributed by atoms with Gasteiger partial charge in [0, 0.05) is 12.1 Å². The summed E-state index contributed by atoms with van der Waals surface area (Å²) in [5.41, 5.74) is 1.26. The third kappa shape index (κ3) is 6.28. The molecule has 2 aromatic rings. The number of amides is 1. The van der Waals surface area contributed by atoms with E-state index < -0.39 is 27.4 Å². The van der Waals surface area contributed by atoms with Gasteiger partial charge in [-0.15, -0.1) is 0 Å². The van der Waals surface area contributed by atoms with Crippen LogP contribution in [0.15, 0.2) is 48.5 Å². The van der Waals surface area contributed by atoms with E-state index in [9.17, 15) is 23.3 Å². The maximum Gasteiger partial charge on any atom is 0.274 e. The highest BCUT2D eigenvalue weighted by Gasteiger charge is 2.26. The molecule has 2 aromatic carbocycles. The van der Waals surface area contributed by atoms with E-state index in [-0.39, 0.29) is 23.0 Å². The van der Waals surface area contributed by atoms with Gasteiger partial charge in [0.1, 0.15) is 6.54 Å². The zero-order valence-corrected chi connectivity index (χ0v) is 17.5. The van der Waals surface area contributed by atoms with Gasteiger partial charge in [0.2, 0.25) is 15.9 Å². The van der Waals surface area contributed by atoms with E-state index in [0.717, 1.165) is 22.5 Å². The second kappa shape index (κ2) is 9.51. The first-order chi connectivity index (χ1) is 13.6. The summed E-state index contributed by atoms with van der Waals surface area (Å²) in [6.45, 7) is 2.87. The van der Waals surface area contributed by atoms with Crippen molar-refractivity contribution in [2.45, 2.75) is 32.7 Å². The molecule has 8 nitrogen and oxygen atoms in total. The van der Waals surface area contributed by atoms with Crippen LogP contribution in [-0.2, 0) is 21.2 Å². The van der Waals surface area contributed by atoms with Gasteiger partial charge in [-0.05, 0) is 38.3 Å². The zero-order valence-electron chi connectivity index (χ0n) is 16.7. The summed E-state index contributed by atoms with van der Waals surface area (Å²) in [5, 5.41) is 14.0. The van der Waals surface area contributed by atoms with Crippen LogP contribution in [0.25, 0.3) is 0 Å². The van der Waals surface area contributed by atoms with Crippen molar-refractivity contribution in [1.29, 1.82) is 0 Å². The van der Waals surface area contributed by atoms with Crippen LogP contribution in [0.3, 0.4) is 0 Å². The minimum absolute atomic E-state index is 0.119. The summed E-state index contributed by atoms with van der Waals surface area (Å²) in [6.07, 6.45) is 2.45. The SMILES string of the molecule is Cc1c(N(CC(=O)N[C@@H](C)CCc2ccccc2)S(C)(=O)=O)cccc1[N+](=O)[O-]. The van der Waals surface area contributed by atoms with E-state index in [0.29, 0.717) is 6.42 Å². The van der Waals surface area contributed by atoms with E-state index in [2.05, 4.69) is 5.32 Å². The molecule has 29 heavy (non-hydrogen) atoms. The Morgan fingerprint density at radius 3 is 2.41 bits per heavy atom. The van der Waals surface area contributed by atoms with E-state index in [1.54, 1.807) is 0 Å². The number of aryl methyl sites for hydroxylation is 1. The van der Waals surface area contributed by atoms with E-state index in [1.807, 2.05) is 37.3 Å². The second-order valence-corrected chi connectivity index (χ2v) is 8.85. The highest BCUT2D eigenvalue weighted by molar-refractivity contribution is 7.92. The molecule has 0 radical (unpaired) electrons. The van der Waals surface area contributed by atoms with Gasteiger partial charge >= 0.3 is 0 Å². The molecule has 1 amide bonds. The van der Waals surface area contributed by atoms with Gasteiger partial charge in [0.15, 0.2) is 0 Å². The smallest absolute Gasteiger partial charge is 0.274 e. The number of carbonyl (C=O) groups is 1. The fourth-order valence-corrected chi connectivity index (χ4v) is 3.92. The maximum atomic E-state index is 12.5. The van der Waals surface area contributed by atoms with Crippen molar-refractivity contribution < 1.29 is 18.1 Å². The Morgan fingerprint density at radius 2 is 1.83 bits per heavy atom. The standard InChI is InChI=1S/C20H25N3O5S/c1-15(12-13-17-8-5-4-6-9-17)21-20(24)14-22(29(3,27)28)18-10-7-11-19(16(18)2)23(25)26/h4-11,15H,12-14H2,1-3H3,(H,21,24)/t15-/m0/s1. The number of anilines is 1. The Hall–Kier alpha value is -2.94. The highest BCUT2D eigenvalue weighted by atomic mass is 32.2. The van der Waals surface area contributed by atoms with Crippen molar-refractivity contribution in [2.75, 3.05) is 17.1 Å². The first-order valence-electron chi connectivity index (χ1n) is 9.14. The van der Waals surface area contributed by atoms with Crippen molar-refractivity contribution in [1.82, 2.24) is 5.32 Å². The Morgan fingerprint density at radius 1 is 1.17 bits per heavy atom. The number of sulfonamides is 1. The molecule has 0 saturated carbocycles. The zero-order chi connectivity index (χ0) is 21.6. The molecule has 1 N–H and O–H groups in total. The number of nitro benzene ring substituents is 1. The number of rotatable bonds is 9. The average Bonchev–Trinajstić information content (AvgIpc) is 2.64. The van der Waals surface area contributed by atoms with Gasteiger partial charge in [-0.3, -0.25) is 19.2 Å². The lowest BCUT2D eigenvalue weighted by Crippen LogP contribution is -2.43. The van der Waals surface area contributed by atoms with Crippen molar-refractivity contribution in [3.05, 3.63) is 69.8 Å². The fourth-order valence-electron chi connectivity index (χ4n) is 3.01. The summed E-state index contributed by atoms with van der Waals surface area (Å²) < 4.78 is 25.4. The van der Waals surface area contributed by atoms with Gasteiger partial charge in [0.25, 0.3) is 5.69 Å². The number of hydrogen-bond acceptors (Lipinski definition) is 5. The molecule has 0 unspecified atom stereocenters. The van der Waals surface area contributed by atoms with Crippen LogP contribution in [-0.4, -0.2) is 38.1 Å². The normalized spacial score (nSPS) is 12.2. The van der Waals surface area contributed by atoms with Gasteiger partial charge in [-0.1, -0.05) is 36.4 Å². The molecule has 0 heterocycles. The van der Waals surface area contributed by atoms with Crippen LogP contribution >= 0.6 is 0 Å². The Bertz CT molecular complexity index is 977. The largest absolute Gasteiger partial charge is 0.352 e. The fraction of sp³-hybridized carbons (Fsp3) is 0.350. The van der Waals surface area contributed by atoms with Crippen LogP contribution in [0.4, 0.5) is 11.4 Å². The molecular weight excluding hydrogens is 394 g/mol. The Balaban J connectivity index is 2.10. The topological polar surface area (TPSA) is 110 Å². The van der Waals surface area contributed by atoms with Crippen LogP contribution < -0.4 is 9.62 Å². The Labute approximate surface area is 170 Å². The van der Waals surface area contributed by atoms with Crippen LogP contribution in [0.2, 0.25) is 0 Å². The van der Waals surface area contributed by atoms with Crippen molar-refractivity contribution in [2.24, 2.45) is 0 Å². The average molecular weight is 420 g/mol. The summed E-state index contributed by atoms with van der Waals surface area (Å²) in [7, 11) is -3.82. The third-order valence-corrected chi connectivity index (χ3v) is 5.67. The van der Waals surface area contributed by atoms with Crippen molar-refractivity contribution >= 4 is 27.3 Å². The molecule has 0 aliphatic heterocycles. The summed E-state index contributed by atoms with van der Waals surface area (Å²) >= 11 is 0. The van der Waals surface area contributed by atoms with E-state index >= 15 is 0 Å². The van der Waals surface area contributed by atoms with Gasteiger partial charge in [0.05, 0.1) is 22.4 Å². The third-order valence-electron chi connectivity index (χ3n) is 4.55. The first kappa shape index (κ1) is 22.4. The summed E-state index contributed by atoms with van der Waals surface area (Å²) in [6, 6.07) is 13.8. The highest BCUT2D eigenvalue weighted by Crippen LogP contribution is 2.29. The number of nitrogens with zero attached hydrogens (tertiary/aromatic N) is 2. The molecule has 0 saturated heterocycles. The van der Waals surface area contributed by atoms with Crippen LogP contribution in [0, 0.1) is 17.0 Å². The number of benzene rings is 2. The lowest BCUT2D eigenvalue weighted by molar-refractivity contribution is -0.385. The molecular formula is C20H25N3O5S. The van der Waals surface area contributed by atoms with Gasteiger partial charge < -0.3 is 5.32 Å². The lowest BCUT2D eigenvalue weighted by Gasteiger charge is -2.24. The van der Waals surface area contributed by atoms with Crippen molar-refractivity contribution in [3.8, 4) is 0 Å². The number of carbonyl (C=O) groups excluding carboxylic acids is 1. The first-order valence-corrected chi connectivity index (χ1v) is 11.0. The molecule has 156 valence electrons. The number of nitro groups is 1. The van der Waals surface area contributed by atoms with E-state index in [1.165, 1.54) is 25.1 Å². The summed E-state index contributed by atoms with van der Waals surface area (Å²) in [5.74, 6) is -0.470. The molecule has 0 fully saturated rings. The van der Waals surface area contributed by atoms with Crippen molar-refractivity contribution in [3.63, 3.8) is 0 Å². The molecule has 0 aliphatic rings. The van der Waals surface area contributed by atoms with Gasteiger partial charge in [-0.2, -0.15) is 0 Å². The monoisotopic (exact) mass is 419 g/mol. The molecule has 9 heteroatoms. The predicted molar refractivity (Wildman–Crippen MR) is 112 cm³/mol. The molecule has 0 aliphatic carbocycles. The molecule has 1 atom stereocenters. The predicted octanol–water partition coefficient (Wildman–Crippen LogP) is 2.81. The number of hydrogen-bond donors (Lipinski definition) is 1. The minimum Gasteiger partial charge on any atom is -0.352 e. The quantitative estimate of drug-likeness (QED) is 0.496. The van der Waals surface area contributed by atoms with Crippen LogP contribution in [0.5, 0.6) is 0 Å². The number of nitrogens with one attached hydrogen (secondary N) is 1. The Kier molecular flexibility index (Phi) is 7.33. The second-order valence-electron chi connectivity index (χ2n) is 6.94. The molecule has 0 aromatic heterocycles. The van der Waals surface area contributed by atoms with Crippen LogP contribution in [0.1, 0.15) is 24.5 Å². The van der Waals surface area contributed by atoms with Gasteiger partial charge in [-0.25, -0.2) is 8.42 Å². The molecule has 0 bridgehead atoms. The minimum atomic E-state index is -3.82. The lowest BCUT2D eigenvalue weighted by atomic mass is 10.1. The molecule has 0 spiro atoms. The maximum absolute atomic E-state index is 12.5. The molecule has 2 rings (SSSR count). The summed E-state index contributed by atoms with van der Waals surface area (Å²) in [4.78, 5) is 23.1. The van der Waals surface area contributed by atoms with E-state index in [4.69, 9.17) is 0 Å².